The van der Waals surface area contributed by atoms with Crippen LogP contribution in [0, 0.1) is 0 Å². The molecule has 22 heavy (non-hydrogen) atoms. The van der Waals surface area contributed by atoms with Crippen LogP contribution in [0.1, 0.15) is 20.3 Å². The van der Waals surface area contributed by atoms with E-state index in [9.17, 15) is 4.79 Å². The van der Waals surface area contributed by atoms with E-state index in [2.05, 4.69) is 19.6 Å². The first-order valence-corrected chi connectivity index (χ1v) is 12.7. The summed E-state index contributed by atoms with van der Waals surface area (Å²) in [6, 6.07) is -0.0530. The third-order valence-corrected chi connectivity index (χ3v) is 6.34. The fourth-order valence-corrected chi connectivity index (χ4v) is 3.24. The average Bonchev–Trinajstić information content (AvgIpc) is 2.44. The van der Waals surface area contributed by atoms with Crippen LogP contribution in [0.5, 0.6) is 0 Å². The fourth-order valence-electron chi connectivity index (χ4n) is 1.31. The monoisotopic (exact) mass is 354 g/mol. The molecule has 0 saturated carbocycles. The molecule has 1 atom stereocenters. The first-order valence-electron chi connectivity index (χ1n) is 7.33. The van der Waals surface area contributed by atoms with E-state index >= 15 is 0 Å². The van der Waals surface area contributed by atoms with Crippen molar-refractivity contribution in [1.29, 1.82) is 0 Å². The maximum Gasteiger partial charge on any atom is 0.513 e. The summed E-state index contributed by atoms with van der Waals surface area (Å²) in [7, 11) is -1.85. The minimum Gasteiger partial charge on any atom is -0.463 e. The molecule has 0 aliphatic rings. The second-order valence-electron chi connectivity index (χ2n) is 5.82. The minimum absolute atomic E-state index is 0.0530. The van der Waals surface area contributed by atoms with E-state index in [1.54, 1.807) is 0 Å². The topological polar surface area (TPSA) is 72.5 Å². The molecule has 0 spiro atoms. The third kappa shape index (κ3) is 9.67. The van der Waals surface area contributed by atoms with Crippen LogP contribution in [0.25, 0.3) is 0 Å². The Morgan fingerprint density at radius 1 is 1.05 bits per heavy atom. The van der Waals surface area contributed by atoms with Gasteiger partial charge in [0, 0.05) is 14.2 Å². The van der Waals surface area contributed by atoms with Crippen LogP contribution >= 0.6 is 0 Å². The van der Waals surface area contributed by atoms with Gasteiger partial charge in [0.25, 0.3) is 0 Å². The first kappa shape index (κ1) is 21.7. The Hall–Kier alpha value is -0.296. The molecule has 0 bridgehead atoms. The molecule has 0 aromatic heterocycles. The van der Waals surface area contributed by atoms with Crippen LogP contribution in [0.3, 0.4) is 0 Å². The number of carbonyl (C=O) groups is 1. The molecule has 0 amide bonds. The summed E-state index contributed by atoms with van der Waals surface area (Å²) < 4.78 is 32.2. The number of hydrogen-bond donors (Lipinski definition) is 0. The predicted molar refractivity (Wildman–Crippen MR) is 86.8 cm³/mol. The number of esters is 1. The van der Waals surface area contributed by atoms with Gasteiger partial charge in [0.1, 0.15) is 19.6 Å². The number of ether oxygens (including phenoxy) is 2. The van der Waals surface area contributed by atoms with Gasteiger partial charge in [-0.3, -0.25) is 4.79 Å². The molecule has 0 aromatic rings. The van der Waals surface area contributed by atoms with Crippen LogP contribution in [0.15, 0.2) is 0 Å². The highest BCUT2D eigenvalue weighted by Gasteiger charge is 2.43. The molecule has 0 rings (SSSR count). The van der Waals surface area contributed by atoms with E-state index in [0.29, 0.717) is 0 Å². The number of hydrogen-bond acceptors (Lipinski definition) is 7. The summed E-state index contributed by atoms with van der Waals surface area (Å²) in [6.07, 6.45) is 0.604. The Morgan fingerprint density at radius 3 is 2.05 bits per heavy atom. The lowest BCUT2D eigenvalue weighted by Crippen LogP contribution is -2.47. The van der Waals surface area contributed by atoms with Gasteiger partial charge in [-0.05, 0) is 33.0 Å². The Morgan fingerprint density at radius 2 is 1.59 bits per heavy atom. The summed E-state index contributed by atoms with van der Waals surface area (Å²) in [5.74, 6) is -0.400. The van der Waals surface area contributed by atoms with Gasteiger partial charge < -0.3 is 27.2 Å². The van der Waals surface area contributed by atoms with E-state index in [-0.39, 0.29) is 25.7 Å². The highest BCUT2D eigenvalue weighted by Crippen LogP contribution is 2.16. The second-order valence-corrected chi connectivity index (χ2v) is 13.2. The summed E-state index contributed by atoms with van der Waals surface area (Å²) in [5.41, 5.74) is 0. The van der Waals surface area contributed by atoms with Crippen molar-refractivity contribution in [2.45, 2.75) is 52.1 Å². The molecule has 7 nitrogen and oxygen atoms in total. The van der Waals surface area contributed by atoms with Gasteiger partial charge in [-0.15, -0.1) is 0 Å². The molecule has 1 unspecified atom stereocenters. The molecule has 0 radical (unpaired) electrons. The summed E-state index contributed by atoms with van der Waals surface area (Å²) >= 11 is 0. The summed E-state index contributed by atoms with van der Waals surface area (Å²) in [6.45, 7) is 10.0. The summed E-state index contributed by atoms with van der Waals surface area (Å²) in [4.78, 5) is 11.9. The Labute approximate surface area is 135 Å². The average molecular weight is 355 g/mol. The Bertz CT molecular complexity index is 316. The number of carbonyl (C=O) groups excluding carboxylic acids is 1. The zero-order chi connectivity index (χ0) is 17.2. The molecule has 0 aromatic carbocycles. The fraction of sp³-hybridized carbons (Fsp3) is 0.923. The van der Waals surface area contributed by atoms with Crippen molar-refractivity contribution < 1.29 is 32.0 Å². The first-order chi connectivity index (χ1) is 10.2. The SMILES string of the molecule is CCC(C)OC(=O)C[Si](OC)(OC)OCOCO[Si](C)(C)C. The van der Waals surface area contributed by atoms with Crippen molar-refractivity contribution in [3.63, 3.8) is 0 Å². The molecular formula is C13H30O7Si2. The maximum atomic E-state index is 11.9. The van der Waals surface area contributed by atoms with Gasteiger partial charge in [-0.2, -0.15) is 0 Å². The van der Waals surface area contributed by atoms with Gasteiger partial charge in [-0.1, -0.05) is 6.92 Å². The minimum atomic E-state index is -3.13. The van der Waals surface area contributed by atoms with Crippen molar-refractivity contribution in [2.75, 3.05) is 27.8 Å². The van der Waals surface area contributed by atoms with Crippen molar-refractivity contribution in [3.8, 4) is 0 Å². The molecule has 0 N–H and O–H groups in total. The van der Waals surface area contributed by atoms with Crippen LogP contribution < -0.4 is 0 Å². The van der Waals surface area contributed by atoms with Gasteiger partial charge in [-0.25, -0.2) is 0 Å². The molecule has 9 heteroatoms. The van der Waals surface area contributed by atoms with Crippen molar-refractivity contribution in [3.05, 3.63) is 0 Å². The maximum absolute atomic E-state index is 11.9. The molecule has 0 fully saturated rings. The van der Waals surface area contributed by atoms with Crippen LogP contribution in [0.2, 0.25) is 25.7 Å². The lowest BCUT2D eigenvalue weighted by Gasteiger charge is -2.26. The Balaban J connectivity index is 4.29. The largest absolute Gasteiger partial charge is 0.513 e. The van der Waals surface area contributed by atoms with Gasteiger partial charge in [0.05, 0.1) is 6.10 Å². The van der Waals surface area contributed by atoms with E-state index in [1.165, 1.54) is 14.2 Å². The van der Waals surface area contributed by atoms with E-state index in [0.717, 1.165) is 6.42 Å². The van der Waals surface area contributed by atoms with Crippen molar-refractivity contribution in [2.24, 2.45) is 0 Å². The normalized spacial score (nSPS) is 14.0. The second kappa shape index (κ2) is 10.5. The molecule has 0 aliphatic heterocycles. The lowest BCUT2D eigenvalue weighted by molar-refractivity contribution is -0.147. The van der Waals surface area contributed by atoms with Gasteiger partial charge in [0.2, 0.25) is 0 Å². The zero-order valence-electron chi connectivity index (χ0n) is 14.8. The van der Waals surface area contributed by atoms with Gasteiger partial charge in [0.15, 0.2) is 8.32 Å². The Kier molecular flexibility index (Phi) is 10.3. The summed E-state index contributed by atoms with van der Waals surface area (Å²) in [5, 5.41) is 0. The van der Waals surface area contributed by atoms with Crippen LogP contribution in [0.4, 0.5) is 0 Å². The third-order valence-electron chi connectivity index (χ3n) is 2.83. The quantitative estimate of drug-likeness (QED) is 0.230. The molecule has 0 saturated heterocycles. The standard InChI is InChI=1S/C13H30O7Si2/c1-8-12(2)20-13(14)9-22(15-3,16-4)19-11-17-10-18-21(5,6)7/h12H,8-11H2,1-7H3. The lowest BCUT2D eigenvalue weighted by atomic mass is 10.3. The van der Waals surface area contributed by atoms with E-state index < -0.39 is 23.1 Å². The van der Waals surface area contributed by atoms with Crippen molar-refractivity contribution in [1.82, 2.24) is 0 Å². The highest BCUT2D eigenvalue weighted by molar-refractivity contribution is 6.69. The van der Waals surface area contributed by atoms with Crippen molar-refractivity contribution >= 4 is 23.1 Å². The number of rotatable bonds is 12. The van der Waals surface area contributed by atoms with Crippen LogP contribution in [-0.2, 0) is 32.0 Å². The predicted octanol–water partition coefficient (Wildman–Crippen LogP) is 2.36. The van der Waals surface area contributed by atoms with Gasteiger partial charge >= 0.3 is 14.8 Å². The molecule has 0 aliphatic carbocycles. The molecule has 0 heterocycles. The van der Waals surface area contributed by atoms with Crippen LogP contribution in [-0.4, -0.2) is 57.0 Å². The zero-order valence-corrected chi connectivity index (χ0v) is 16.8. The molecular weight excluding hydrogens is 324 g/mol. The highest BCUT2D eigenvalue weighted by atomic mass is 28.4. The van der Waals surface area contributed by atoms with E-state index in [4.69, 9.17) is 27.2 Å². The molecule has 132 valence electrons. The smallest absolute Gasteiger partial charge is 0.463 e. The van der Waals surface area contributed by atoms with E-state index in [1.807, 2.05) is 13.8 Å².